The number of amides is 1. The number of nitrogens with one attached hydrogen (secondary N) is 1. The van der Waals surface area contributed by atoms with Crippen LogP contribution in [0.5, 0.6) is 0 Å². The van der Waals surface area contributed by atoms with Gasteiger partial charge in [0.15, 0.2) is 0 Å². The Morgan fingerprint density at radius 2 is 1.44 bits per heavy atom. The molecule has 0 aromatic heterocycles. The minimum Gasteiger partial charge on any atom is -0.480 e. The van der Waals surface area contributed by atoms with Crippen LogP contribution in [0, 0.1) is 0 Å². The minimum atomic E-state index is -1.15. The van der Waals surface area contributed by atoms with Crippen molar-refractivity contribution < 1.29 is 24.2 Å². The SMILES string of the molecule is COC(=O)c1cccc(C(=O)N[C@H](Cc2c3ccccc3cc3ccccc23)C(=O)O)c1. The quantitative estimate of drug-likeness (QED) is 0.355. The van der Waals surface area contributed by atoms with Gasteiger partial charge in [0.25, 0.3) is 5.91 Å². The summed E-state index contributed by atoms with van der Waals surface area (Å²) in [5.41, 5.74) is 1.25. The lowest BCUT2D eigenvalue weighted by molar-refractivity contribution is -0.139. The lowest BCUT2D eigenvalue weighted by Crippen LogP contribution is -2.42. The molecule has 6 heteroatoms. The third-order valence-corrected chi connectivity index (χ3v) is 5.44. The van der Waals surface area contributed by atoms with Crippen LogP contribution < -0.4 is 5.32 Å². The van der Waals surface area contributed by atoms with Crippen molar-refractivity contribution in [1.29, 1.82) is 0 Å². The van der Waals surface area contributed by atoms with Gasteiger partial charge in [-0.3, -0.25) is 4.79 Å². The monoisotopic (exact) mass is 427 g/mol. The van der Waals surface area contributed by atoms with Crippen molar-refractivity contribution in [2.24, 2.45) is 0 Å². The van der Waals surface area contributed by atoms with Gasteiger partial charge in [0, 0.05) is 12.0 Å². The summed E-state index contributed by atoms with van der Waals surface area (Å²) < 4.78 is 4.69. The molecular formula is C26H21NO5. The number of fused-ring (bicyclic) bond motifs is 2. The molecule has 0 aliphatic heterocycles. The number of hydrogen-bond donors (Lipinski definition) is 2. The highest BCUT2D eigenvalue weighted by Gasteiger charge is 2.23. The van der Waals surface area contributed by atoms with Gasteiger partial charge in [-0.2, -0.15) is 0 Å². The molecule has 0 spiro atoms. The number of rotatable bonds is 6. The van der Waals surface area contributed by atoms with Crippen LogP contribution >= 0.6 is 0 Å². The summed E-state index contributed by atoms with van der Waals surface area (Å²) >= 11 is 0. The number of carbonyl (C=O) groups is 3. The van der Waals surface area contributed by atoms with E-state index in [0.29, 0.717) is 0 Å². The third kappa shape index (κ3) is 4.16. The van der Waals surface area contributed by atoms with Gasteiger partial charge >= 0.3 is 11.9 Å². The number of hydrogen-bond acceptors (Lipinski definition) is 4. The molecule has 0 unspecified atom stereocenters. The second-order valence-corrected chi connectivity index (χ2v) is 7.44. The molecule has 0 radical (unpaired) electrons. The van der Waals surface area contributed by atoms with Gasteiger partial charge in [-0.1, -0.05) is 54.6 Å². The molecular weight excluding hydrogens is 406 g/mol. The Labute approximate surface area is 184 Å². The number of carboxylic acids is 1. The second kappa shape index (κ2) is 8.89. The zero-order chi connectivity index (χ0) is 22.7. The number of methoxy groups -OCH3 is 1. The van der Waals surface area contributed by atoms with E-state index < -0.39 is 23.9 Å². The van der Waals surface area contributed by atoms with Gasteiger partial charge < -0.3 is 15.2 Å². The van der Waals surface area contributed by atoms with Crippen molar-refractivity contribution in [3.05, 3.63) is 95.6 Å². The summed E-state index contributed by atoms with van der Waals surface area (Å²) in [7, 11) is 1.25. The third-order valence-electron chi connectivity index (χ3n) is 5.44. The van der Waals surface area contributed by atoms with Crippen molar-refractivity contribution in [3.63, 3.8) is 0 Å². The standard InChI is InChI=1S/C26H21NO5/c1-32-26(31)19-10-6-9-18(14-19)24(28)27-23(25(29)30)15-22-20-11-4-2-7-16(20)13-17-8-3-5-12-21(17)22/h2-14,23H,15H2,1H3,(H,27,28)(H,29,30)/t23-/m1/s1. The Hall–Kier alpha value is -4.19. The highest BCUT2D eigenvalue weighted by atomic mass is 16.5. The summed E-state index contributed by atoms with van der Waals surface area (Å²) in [6.45, 7) is 0. The summed E-state index contributed by atoms with van der Waals surface area (Å²) in [4.78, 5) is 36.6. The fourth-order valence-corrected chi connectivity index (χ4v) is 3.88. The fourth-order valence-electron chi connectivity index (χ4n) is 3.88. The van der Waals surface area contributed by atoms with Crippen molar-refractivity contribution >= 4 is 39.4 Å². The highest BCUT2D eigenvalue weighted by Crippen LogP contribution is 2.29. The Bertz CT molecular complexity index is 1290. The zero-order valence-corrected chi connectivity index (χ0v) is 17.4. The number of aliphatic carboxylic acids is 1. The van der Waals surface area contributed by atoms with E-state index in [-0.39, 0.29) is 17.5 Å². The first-order chi connectivity index (χ1) is 15.5. The van der Waals surface area contributed by atoms with Crippen LogP contribution in [0.4, 0.5) is 0 Å². The number of benzene rings is 4. The van der Waals surface area contributed by atoms with E-state index in [1.54, 1.807) is 6.07 Å². The maximum Gasteiger partial charge on any atom is 0.337 e. The lowest BCUT2D eigenvalue weighted by Gasteiger charge is -2.18. The average molecular weight is 427 g/mol. The fraction of sp³-hybridized carbons (Fsp3) is 0.115. The molecule has 0 saturated heterocycles. The van der Waals surface area contributed by atoms with E-state index in [0.717, 1.165) is 27.1 Å². The van der Waals surface area contributed by atoms with Gasteiger partial charge in [-0.15, -0.1) is 0 Å². The first kappa shape index (κ1) is 21.1. The van der Waals surface area contributed by atoms with Crippen molar-refractivity contribution in [1.82, 2.24) is 5.32 Å². The van der Waals surface area contributed by atoms with E-state index in [9.17, 15) is 19.5 Å². The number of ether oxygens (including phenoxy) is 1. The minimum absolute atomic E-state index is 0.111. The van der Waals surface area contributed by atoms with Crippen LogP contribution in [0.25, 0.3) is 21.5 Å². The molecule has 4 aromatic rings. The first-order valence-corrected chi connectivity index (χ1v) is 10.1. The van der Waals surface area contributed by atoms with Crippen molar-refractivity contribution in [2.45, 2.75) is 12.5 Å². The van der Waals surface area contributed by atoms with Crippen LogP contribution in [-0.4, -0.2) is 36.1 Å². The molecule has 1 amide bonds. The van der Waals surface area contributed by atoms with Gasteiger partial charge in [0.2, 0.25) is 0 Å². The largest absolute Gasteiger partial charge is 0.480 e. The van der Waals surface area contributed by atoms with E-state index in [1.165, 1.54) is 25.3 Å². The molecule has 0 aliphatic rings. The Balaban J connectivity index is 1.69. The topological polar surface area (TPSA) is 92.7 Å². The Morgan fingerprint density at radius 3 is 2.03 bits per heavy atom. The van der Waals surface area contributed by atoms with Gasteiger partial charge in [0.05, 0.1) is 12.7 Å². The average Bonchev–Trinajstić information content (AvgIpc) is 2.82. The molecule has 6 nitrogen and oxygen atoms in total. The number of carbonyl (C=O) groups excluding carboxylic acids is 2. The molecule has 0 heterocycles. The molecule has 0 aliphatic carbocycles. The summed E-state index contributed by atoms with van der Waals surface area (Å²) in [6.07, 6.45) is 0.111. The smallest absolute Gasteiger partial charge is 0.337 e. The Kier molecular flexibility index (Phi) is 5.85. The summed E-state index contributed by atoms with van der Waals surface area (Å²) in [5, 5.41) is 16.4. The van der Waals surface area contributed by atoms with E-state index in [2.05, 4.69) is 16.1 Å². The van der Waals surface area contributed by atoms with Crippen LogP contribution in [-0.2, 0) is 16.0 Å². The van der Waals surface area contributed by atoms with Crippen LogP contribution in [0.1, 0.15) is 26.3 Å². The summed E-state index contributed by atoms with van der Waals surface area (Å²) in [5.74, 6) is -2.29. The lowest BCUT2D eigenvalue weighted by atomic mass is 9.92. The van der Waals surface area contributed by atoms with Crippen molar-refractivity contribution in [3.8, 4) is 0 Å². The number of carboxylic acid groups (broad SMARTS) is 1. The second-order valence-electron chi connectivity index (χ2n) is 7.44. The van der Waals surface area contributed by atoms with Gasteiger partial charge in [-0.25, -0.2) is 9.59 Å². The van der Waals surface area contributed by atoms with E-state index in [4.69, 9.17) is 0 Å². The predicted molar refractivity (Wildman–Crippen MR) is 122 cm³/mol. The number of esters is 1. The molecule has 0 saturated carbocycles. The highest BCUT2D eigenvalue weighted by molar-refractivity contribution is 6.03. The molecule has 4 aromatic carbocycles. The van der Waals surface area contributed by atoms with Gasteiger partial charge in [0.1, 0.15) is 6.04 Å². The predicted octanol–water partition coefficient (Wildman–Crippen LogP) is 4.21. The van der Waals surface area contributed by atoms with Crippen LogP contribution in [0.3, 0.4) is 0 Å². The zero-order valence-electron chi connectivity index (χ0n) is 17.4. The Morgan fingerprint density at radius 1 is 0.844 bits per heavy atom. The molecule has 1 atom stereocenters. The summed E-state index contributed by atoms with van der Waals surface area (Å²) in [6, 6.07) is 22.5. The molecule has 4 rings (SSSR count). The van der Waals surface area contributed by atoms with Crippen LogP contribution in [0.2, 0.25) is 0 Å². The maximum atomic E-state index is 12.8. The maximum absolute atomic E-state index is 12.8. The van der Waals surface area contributed by atoms with Crippen LogP contribution in [0.15, 0.2) is 78.9 Å². The van der Waals surface area contributed by atoms with E-state index >= 15 is 0 Å². The van der Waals surface area contributed by atoms with Gasteiger partial charge in [-0.05, 0) is 51.4 Å². The molecule has 0 fully saturated rings. The van der Waals surface area contributed by atoms with E-state index in [1.807, 2.05) is 48.5 Å². The molecule has 0 bridgehead atoms. The van der Waals surface area contributed by atoms with Crippen molar-refractivity contribution in [2.75, 3.05) is 7.11 Å². The molecule has 32 heavy (non-hydrogen) atoms. The molecule has 2 N–H and O–H groups in total. The normalized spacial score (nSPS) is 11.8. The first-order valence-electron chi connectivity index (χ1n) is 10.1. The molecule has 160 valence electrons.